The smallest absolute Gasteiger partial charge is 0.356 e. The number of rotatable bonds is 5. The van der Waals surface area contributed by atoms with Crippen LogP contribution in [0.5, 0.6) is 0 Å². The van der Waals surface area contributed by atoms with Crippen LogP contribution in [0.3, 0.4) is 0 Å². The summed E-state index contributed by atoms with van der Waals surface area (Å²) < 4.78 is 3.57. The van der Waals surface area contributed by atoms with Gasteiger partial charge < -0.3 is 15.0 Å². The third kappa shape index (κ3) is 3.01. The minimum Gasteiger partial charge on any atom is -0.476 e. The molecular formula is C17H18N4O3. The molecule has 7 heteroatoms. The molecule has 2 N–H and O–H groups in total. The summed E-state index contributed by atoms with van der Waals surface area (Å²) in [5, 5.41) is 16.8. The number of nitrogens with one attached hydrogen (secondary N) is 1. The number of aromatic nitrogens is 3. The molecule has 0 fully saturated rings. The first kappa shape index (κ1) is 15.8. The van der Waals surface area contributed by atoms with E-state index in [1.807, 2.05) is 36.0 Å². The molecule has 1 amide bonds. The minimum atomic E-state index is -1.06. The Kier molecular flexibility index (Phi) is 4.07. The van der Waals surface area contributed by atoms with Crippen molar-refractivity contribution in [3.63, 3.8) is 0 Å². The van der Waals surface area contributed by atoms with Gasteiger partial charge in [-0.1, -0.05) is 0 Å². The maximum atomic E-state index is 12.2. The van der Waals surface area contributed by atoms with Crippen LogP contribution in [0.2, 0.25) is 0 Å². The molecule has 0 atom stereocenters. The van der Waals surface area contributed by atoms with Crippen molar-refractivity contribution in [2.24, 2.45) is 7.05 Å². The van der Waals surface area contributed by atoms with Gasteiger partial charge in [-0.3, -0.25) is 9.48 Å². The van der Waals surface area contributed by atoms with Gasteiger partial charge >= 0.3 is 5.97 Å². The molecule has 0 aliphatic rings. The van der Waals surface area contributed by atoms with Crippen LogP contribution in [0, 0.1) is 6.92 Å². The Morgan fingerprint density at radius 3 is 2.75 bits per heavy atom. The highest BCUT2D eigenvalue weighted by Gasteiger charge is 2.11. The highest BCUT2D eigenvalue weighted by atomic mass is 16.4. The summed E-state index contributed by atoms with van der Waals surface area (Å²) >= 11 is 0. The molecule has 0 saturated heterocycles. The zero-order valence-corrected chi connectivity index (χ0v) is 13.5. The summed E-state index contributed by atoms with van der Waals surface area (Å²) in [6, 6.07) is 9.03. The van der Waals surface area contributed by atoms with E-state index in [0.717, 1.165) is 16.6 Å². The van der Waals surface area contributed by atoms with Crippen LogP contribution in [-0.4, -0.2) is 37.9 Å². The zero-order chi connectivity index (χ0) is 17.3. The van der Waals surface area contributed by atoms with Crippen molar-refractivity contribution < 1.29 is 14.7 Å². The number of carbonyl (C=O) groups excluding carboxylic acids is 1. The van der Waals surface area contributed by atoms with Crippen molar-refractivity contribution in [1.29, 1.82) is 0 Å². The summed E-state index contributed by atoms with van der Waals surface area (Å²) in [4.78, 5) is 23.1. The highest BCUT2D eigenvalue weighted by Crippen LogP contribution is 2.16. The maximum absolute atomic E-state index is 12.2. The van der Waals surface area contributed by atoms with Gasteiger partial charge in [-0.05, 0) is 37.3 Å². The number of hydrogen-bond acceptors (Lipinski definition) is 3. The van der Waals surface area contributed by atoms with Gasteiger partial charge in [0, 0.05) is 41.9 Å². The van der Waals surface area contributed by atoms with Crippen molar-refractivity contribution >= 4 is 22.8 Å². The van der Waals surface area contributed by atoms with E-state index < -0.39 is 5.97 Å². The van der Waals surface area contributed by atoms with Crippen LogP contribution in [-0.2, 0) is 13.6 Å². The third-order valence-electron chi connectivity index (χ3n) is 3.96. The van der Waals surface area contributed by atoms with Crippen LogP contribution in [0.15, 0.2) is 36.5 Å². The monoisotopic (exact) mass is 326 g/mol. The van der Waals surface area contributed by atoms with Crippen molar-refractivity contribution in [3.05, 3.63) is 53.5 Å². The van der Waals surface area contributed by atoms with E-state index in [-0.39, 0.29) is 11.6 Å². The minimum absolute atomic E-state index is 0.00774. The molecule has 0 radical (unpaired) electrons. The second-order valence-electron chi connectivity index (χ2n) is 5.66. The normalized spacial score (nSPS) is 10.9. The number of carboxylic acid groups (broad SMARTS) is 1. The molecule has 0 spiro atoms. The van der Waals surface area contributed by atoms with E-state index in [2.05, 4.69) is 10.4 Å². The summed E-state index contributed by atoms with van der Waals surface area (Å²) in [6.45, 7) is 2.57. The van der Waals surface area contributed by atoms with Crippen molar-refractivity contribution in [2.45, 2.75) is 13.5 Å². The zero-order valence-electron chi connectivity index (χ0n) is 13.5. The van der Waals surface area contributed by atoms with E-state index in [1.165, 1.54) is 6.07 Å². The van der Waals surface area contributed by atoms with Gasteiger partial charge in [0.2, 0.25) is 0 Å². The maximum Gasteiger partial charge on any atom is 0.356 e. The lowest BCUT2D eigenvalue weighted by Crippen LogP contribution is -2.27. The summed E-state index contributed by atoms with van der Waals surface area (Å²) in [7, 11) is 1.96. The molecular weight excluding hydrogens is 308 g/mol. The molecule has 0 bridgehead atoms. The number of carbonyl (C=O) groups is 2. The largest absolute Gasteiger partial charge is 0.476 e. The van der Waals surface area contributed by atoms with Crippen LogP contribution >= 0.6 is 0 Å². The van der Waals surface area contributed by atoms with E-state index in [9.17, 15) is 9.59 Å². The van der Waals surface area contributed by atoms with Gasteiger partial charge in [-0.2, -0.15) is 5.10 Å². The molecule has 3 aromatic rings. The number of aryl methyl sites for hydroxylation is 2. The Hall–Kier alpha value is -3.09. The van der Waals surface area contributed by atoms with E-state index in [4.69, 9.17) is 5.11 Å². The van der Waals surface area contributed by atoms with E-state index in [0.29, 0.717) is 18.7 Å². The first-order chi connectivity index (χ1) is 11.5. The molecule has 0 saturated carbocycles. The Morgan fingerprint density at radius 1 is 1.25 bits per heavy atom. The first-order valence-corrected chi connectivity index (χ1v) is 7.57. The van der Waals surface area contributed by atoms with Gasteiger partial charge in [0.25, 0.3) is 5.91 Å². The highest BCUT2D eigenvalue weighted by molar-refractivity contribution is 5.98. The number of hydrogen-bond donors (Lipinski definition) is 2. The number of benzene rings is 1. The number of fused-ring (bicyclic) bond motifs is 1. The summed E-state index contributed by atoms with van der Waals surface area (Å²) in [5.74, 6) is -1.22. The molecule has 1 aromatic carbocycles. The fourth-order valence-corrected chi connectivity index (χ4v) is 2.64. The van der Waals surface area contributed by atoms with E-state index in [1.54, 1.807) is 17.7 Å². The van der Waals surface area contributed by atoms with Gasteiger partial charge in [-0.15, -0.1) is 0 Å². The van der Waals surface area contributed by atoms with Gasteiger partial charge in [0.05, 0.1) is 6.54 Å². The van der Waals surface area contributed by atoms with Gasteiger partial charge in [-0.25, -0.2) is 4.79 Å². The molecule has 0 unspecified atom stereocenters. The van der Waals surface area contributed by atoms with Gasteiger partial charge in [0.1, 0.15) is 0 Å². The Bertz CT molecular complexity index is 923. The second kappa shape index (κ2) is 6.19. The Labute approximate surface area is 138 Å². The molecule has 0 aliphatic carbocycles. The molecule has 7 nitrogen and oxygen atoms in total. The predicted octanol–water partition coefficient (Wildman–Crippen LogP) is 1.81. The number of carboxylic acids is 1. The molecule has 0 aliphatic heterocycles. The van der Waals surface area contributed by atoms with E-state index >= 15 is 0 Å². The van der Waals surface area contributed by atoms with Crippen LogP contribution in [0.25, 0.3) is 10.9 Å². The third-order valence-corrected chi connectivity index (χ3v) is 3.96. The fourth-order valence-electron chi connectivity index (χ4n) is 2.64. The topological polar surface area (TPSA) is 89.2 Å². The molecule has 2 aromatic heterocycles. The van der Waals surface area contributed by atoms with Crippen LogP contribution in [0.4, 0.5) is 0 Å². The molecule has 24 heavy (non-hydrogen) atoms. The van der Waals surface area contributed by atoms with Crippen LogP contribution in [0.1, 0.15) is 26.5 Å². The average molecular weight is 326 g/mol. The van der Waals surface area contributed by atoms with Crippen LogP contribution < -0.4 is 5.32 Å². The first-order valence-electron chi connectivity index (χ1n) is 7.57. The molecule has 124 valence electrons. The predicted molar refractivity (Wildman–Crippen MR) is 89.2 cm³/mol. The summed E-state index contributed by atoms with van der Waals surface area (Å²) in [6.07, 6.45) is 1.95. The van der Waals surface area contributed by atoms with Crippen molar-refractivity contribution in [3.8, 4) is 0 Å². The fraction of sp³-hybridized carbons (Fsp3) is 0.235. The van der Waals surface area contributed by atoms with Crippen molar-refractivity contribution in [1.82, 2.24) is 19.7 Å². The number of amides is 1. The Morgan fingerprint density at radius 2 is 2.04 bits per heavy atom. The quantitative estimate of drug-likeness (QED) is 0.748. The summed E-state index contributed by atoms with van der Waals surface area (Å²) in [5.41, 5.74) is 2.41. The van der Waals surface area contributed by atoms with Gasteiger partial charge in [0.15, 0.2) is 5.69 Å². The Balaban J connectivity index is 1.63. The lowest BCUT2D eigenvalue weighted by atomic mass is 10.1. The SMILES string of the molecule is Cc1cc(C(=O)O)nn1CCNC(=O)c1ccc2c(ccn2C)c1. The van der Waals surface area contributed by atoms with Crippen molar-refractivity contribution in [2.75, 3.05) is 6.54 Å². The number of nitrogens with zero attached hydrogens (tertiary/aromatic N) is 3. The lowest BCUT2D eigenvalue weighted by Gasteiger charge is -2.07. The lowest BCUT2D eigenvalue weighted by molar-refractivity contribution is 0.0689. The standard InChI is InChI=1S/C17H18N4O3/c1-11-9-14(17(23)24)19-21(11)8-6-18-16(22)13-3-4-15-12(10-13)5-7-20(15)2/h3-5,7,9-10H,6,8H2,1-2H3,(H,18,22)(H,23,24). The molecule has 3 rings (SSSR count). The second-order valence-corrected chi connectivity index (χ2v) is 5.66. The molecule has 2 heterocycles. The average Bonchev–Trinajstić information content (AvgIpc) is 3.11. The number of aromatic carboxylic acids is 1.